The van der Waals surface area contributed by atoms with Crippen molar-refractivity contribution in [2.75, 3.05) is 0 Å². The van der Waals surface area contributed by atoms with Crippen molar-refractivity contribution in [3.63, 3.8) is 0 Å². The van der Waals surface area contributed by atoms with Gasteiger partial charge in [0.1, 0.15) is 0 Å². The summed E-state index contributed by atoms with van der Waals surface area (Å²) in [6.45, 7) is 0. The Bertz CT molecular complexity index is 2230. The fourth-order valence-electron chi connectivity index (χ4n) is 24.7. The smallest absolute Gasteiger partial charge is 0.0123 e. The van der Waals surface area contributed by atoms with E-state index in [1.807, 2.05) is 0 Å². The van der Waals surface area contributed by atoms with Crippen LogP contribution in [0.5, 0.6) is 0 Å². The zero-order chi connectivity index (χ0) is 41.4. The van der Waals surface area contributed by atoms with Crippen LogP contribution in [0.3, 0.4) is 0 Å². The third kappa shape index (κ3) is 4.94. The minimum Gasteiger partial charge on any atom is -0.0801 e. The standard InChI is InChI=1S/C64H76/c1-4-15-35(16-5-1)52-41-23-12-13-24-42(41)53(36-17-6-2-7-18-36)62-49-32-28-44-46-30-34-51-59-50(33-29-45(56(46)59)43-27-31-48(61(52)62)58(49)55(43)44)63-54(37-19-8-3-9-20-37)47-26-14-25-39-38-21-10-11-22-40(38)60(57(39)47)64(51)63/h1-9,15-20,23-24,38-40,43-64H,10-14,21-22,25-34H2. The van der Waals surface area contributed by atoms with E-state index in [-0.39, 0.29) is 0 Å². The van der Waals surface area contributed by atoms with Gasteiger partial charge in [-0.2, -0.15) is 0 Å². The summed E-state index contributed by atoms with van der Waals surface area (Å²) in [7, 11) is 0. The van der Waals surface area contributed by atoms with E-state index < -0.39 is 0 Å². The molecule has 0 aromatic heterocycles. The molecule has 12 saturated carbocycles. The van der Waals surface area contributed by atoms with Crippen molar-refractivity contribution in [2.24, 2.45) is 130 Å². The van der Waals surface area contributed by atoms with Gasteiger partial charge in [-0.3, -0.25) is 0 Å². The molecule has 0 aliphatic heterocycles. The average Bonchev–Trinajstić information content (AvgIpc) is 4.00. The predicted molar refractivity (Wildman–Crippen MR) is 259 cm³/mol. The van der Waals surface area contributed by atoms with Crippen molar-refractivity contribution in [1.82, 2.24) is 0 Å². The van der Waals surface area contributed by atoms with Crippen LogP contribution in [0.2, 0.25) is 0 Å². The Morgan fingerprint density at radius 2 is 0.594 bits per heavy atom. The quantitative estimate of drug-likeness (QED) is 0.246. The Morgan fingerprint density at radius 1 is 0.250 bits per heavy atom. The van der Waals surface area contributed by atoms with Crippen LogP contribution in [0.25, 0.3) is 0 Å². The summed E-state index contributed by atoms with van der Waals surface area (Å²) in [5.41, 5.74) is 8.60. The molecule has 332 valence electrons. The molecule has 0 heterocycles. The third-order valence-electron chi connectivity index (χ3n) is 25.1. The number of hydrogen-bond acceptors (Lipinski definition) is 0. The Kier molecular flexibility index (Phi) is 8.54. The van der Waals surface area contributed by atoms with E-state index >= 15 is 0 Å². The maximum absolute atomic E-state index is 2.76. The van der Waals surface area contributed by atoms with Gasteiger partial charge in [0.25, 0.3) is 0 Å². The fraction of sp³-hybridized carbons (Fsp3) is 0.656. The van der Waals surface area contributed by atoms with Crippen LogP contribution < -0.4 is 0 Å². The highest BCUT2D eigenvalue weighted by molar-refractivity contribution is 5.54. The van der Waals surface area contributed by atoms with Gasteiger partial charge >= 0.3 is 0 Å². The van der Waals surface area contributed by atoms with Crippen LogP contribution in [-0.4, -0.2) is 0 Å². The second-order valence-corrected chi connectivity index (χ2v) is 25.9. The first-order valence-corrected chi connectivity index (χ1v) is 28.4. The molecule has 0 spiro atoms. The van der Waals surface area contributed by atoms with E-state index in [1.165, 1.54) is 32.1 Å². The van der Waals surface area contributed by atoms with Crippen molar-refractivity contribution >= 4 is 0 Å². The van der Waals surface area contributed by atoms with Crippen molar-refractivity contribution in [3.05, 3.63) is 131 Å². The molecule has 12 fully saturated rings. The lowest BCUT2D eigenvalue weighted by Crippen LogP contribution is -2.59. The van der Waals surface area contributed by atoms with Crippen LogP contribution in [0.15, 0.2) is 114 Å². The van der Waals surface area contributed by atoms with E-state index in [0.717, 1.165) is 136 Å². The minimum atomic E-state index is 0.590. The number of benzene rings is 3. The highest BCUT2D eigenvalue weighted by Gasteiger charge is 2.74. The SMILES string of the molecule is C1=C2C(=CCC1)C(c1ccccc1)C1C3CCC4C5CCC6C7C(CCC(C8CCC(C1C2c1ccccc1)C3C84)C57)C1C(c2ccccc2)C2CCCC3C4CCCCC4C(C32)C61. The molecule has 25 atom stereocenters. The van der Waals surface area contributed by atoms with Crippen LogP contribution in [0.4, 0.5) is 0 Å². The first kappa shape index (κ1) is 38.1. The summed E-state index contributed by atoms with van der Waals surface area (Å²) in [4.78, 5) is 0. The van der Waals surface area contributed by atoms with Crippen LogP contribution >= 0.6 is 0 Å². The van der Waals surface area contributed by atoms with Crippen molar-refractivity contribution in [2.45, 2.75) is 127 Å². The minimum absolute atomic E-state index is 0.590. The van der Waals surface area contributed by atoms with E-state index in [4.69, 9.17) is 0 Å². The molecule has 0 N–H and O–H groups in total. The van der Waals surface area contributed by atoms with Crippen LogP contribution in [0, 0.1) is 130 Å². The summed E-state index contributed by atoms with van der Waals surface area (Å²) in [6, 6.07) is 36.8. The molecule has 3 aromatic carbocycles. The largest absolute Gasteiger partial charge is 0.0801 e. The van der Waals surface area contributed by atoms with E-state index in [0.29, 0.717) is 11.8 Å². The molecule has 0 amide bonds. The molecule has 0 nitrogen and oxygen atoms in total. The lowest BCUT2D eigenvalue weighted by molar-refractivity contribution is -0.171. The Labute approximate surface area is 386 Å². The summed E-state index contributed by atoms with van der Waals surface area (Å²) < 4.78 is 0. The Hall–Kier alpha value is -2.86. The Balaban J connectivity index is 0.794. The molecule has 25 unspecified atom stereocenters. The fourth-order valence-corrected chi connectivity index (χ4v) is 24.7. The molecule has 0 heteroatoms. The highest BCUT2D eigenvalue weighted by Crippen LogP contribution is 2.80. The lowest BCUT2D eigenvalue weighted by Gasteiger charge is -2.65. The summed E-state index contributed by atoms with van der Waals surface area (Å²) in [5.74, 6) is 24.2. The number of allylic oxidation sites excluding steroid dienone is 4. The topological polar surface area (TPSA) is 0 Å². The molecular formula is C64H76. The van der Waals surface area contributed by atoms with Gasteiger partial charge in [0.2, 0.25) is 0 Å². The van der Waals surface area contributed by atoms with Gasteiger partial charge in [-0.05, 0) is 254 Å². The first-order chi connectivity index (χ1) is 31.8. The zero-order valence-corrected chi connectivity index (χ0v) is 38.8. The molecule has 13 aliphatic carbocycles. The number of hydrogen-bond donors (Lipinski definition) is 0. The summed E-state index contributed by atoms with van der Waals surface area (Å²) in [5, 5.41) is 0. The molecule has 13 aliphatic rings. The normalized spacial score (nSPS) is 52.9. The first-order valence-electron chi connectivity index (χ1n) is 28.4. The van der Waals surface area contributed by atoms with Gasteiger partial charge in [-0.25, -0.2) is 0 Å². The summed E-state index contributed by atoms with van der Waals surface area (Å²) >= 11 is 0. The van der Waals surface area contributed by atoms with Gasteiger partial charge in [-0.1, -0.05) is 122 Å². The third-order valence-corrected chi connectivity index (χ3v) is 25.1. The molecule has 0 radical (unpaired) electrons. The van der Waals surface area contributed by atoms with E-state index in [1.54, 1.807) is 105 Å². The van der Waals surface area contributed by atoms with Gasteiger partial charge in [0.05, 0.1) is 0 Å². The van der Waals surface area contributed by atoms with E-state index in [2.05, 4.69) is 103 Å². The summed E-state index contributed by atoms with van der Waals surface area (Å²) in [6.07, 6.45) is 31.6. The lowest BCUT2D eigenvalue weighted by atomic mass is 9.39. The predicted octanol–water partition coefficient (Wildman–Crippen LogP) is 15.6. The molecule has 3 aromatic rings. The van der Waals surface area contributed by atoms with Gasteiger partial charge in [0.15, 0.2) is 0 Å². The van der Waals surface area contributed by atoms with Crippen molar-refractivity contribution < 1.29 is 0 Å². The van der Waals surface area contributed by atoms with Crippen LogP contribution in [-0.2, 0) is 0 Å². The molecule has 16 rings (SSSR count). The zero-order valence-electron chi connectivity index (χ0n) is 38.8. The van der Waals surface area contributed by atoms with Gasteiger partial charge in [0, 0.05) is 11.8 Å². The molecule has 0 saturated heterocycles. The maximum atomic E-state index is 2.76. The van der Waals surface area contributed by atoms with Crippen LogP contribution in [0.1, 0.15) is 144 Å². The number of fused-ring (bicyclic) bond motifs is 13. The van der Waals surface area contributed by atoms with Gasteiger partial charge in [-0.15, -0.1) is 0 Å². The monoisotopic (exact) mass is 845 g/mol. The second kappa shape index (κ2) is 14.3. The molecule has 0 bridgehead atoms. The molecular weight excluding hydrogens is 769 g/mol. The Morgan fingerprint density at radius 3 is 1.12 bits per heavy atom. The molecule has 64 heavy (non-hydrogen) atoms. The average molecular weight is 845 g/mol. The van der Waals surface area contributed by atoms with Crippen molar-refractivity contribution in [1.29, 1.82) is 0 Å². The highest BCUT2D eigenvalue weighted by atomic mass is 14.8. The number of rotatable bonds is 3. The van der Waals surface area contributed by atoms with Crippen molar-refractivity contribution in [3.8, 4) is 0 Å². The second-order valence-electron chi connectivity index (χ2n) is 25.9. The van der Waals surface area contributed by atoms with Gasteiger partial charge < -0.3 is 0 Å². The van der Waals surface area contributed by atoms with E-state index in [9.17, 15) is 0 Å². The maximum Gasteiger partial charge on any atom is 0.0123 e.